The second kappa shape index (κ2) is 5.21. The van der Waals surface area contributed by atoms with Crippen molar-refractivity contribution in [1.29, 1.82) is 0 Å². The summed E-state index contributed by atoms with van der Waals surface area (Å²) in [6, 6.07) is 5.88. The van der Waals surface area contributed by atoms with Gasteiger partial charge in [0, 0.05) is 11.4 Å². The highest BCUT2D eigenvalue weighted by atomic mass is 35.5. The van der Waals surface area contributed by atoms with E-state index < -0.39 is 6.03 Å². The molecule has 0 aliphatic carbocycles. The Balaban J connectivity index is 2.64. The average molecular weight is 228 g/mol. The van der Waals surface area contributed by atoms with Crippen molar-refractivity contribution in [1.82, 2.24) is 0 Å². The molecule has 0 fully saturated rings. The van der Waals surface area contributed by atoms with Crippen LogP contribution in [0.3, 0.4) is 0 Å². The summed E-state index contributed by atoms with van der Waals surface area (Å²) >= 11 is 5.32. The molecule has 0 aliphatic rings. The molecule has 3 amide bonds. The van der Waals surface area contributed by atoms with Crippen LogP contribution in [0.2, 0.25) is 0 Å². The van der Waals surface area contributed by atoms with Gasteiger partial charge in [-0.25, -0.2) is 4.79 Å². The van der Waals surface area contributed by atoms with Gasteiger partial charge in [0.05, 0.1) is 0 Å². The minimum Gasteiger partial charge on any atom is -0.351 e. The predicted molar refractivity (Wildman–Crippen MR) is 59.0 cm³/mol. The predicted octanol–water partition coefficient (Wildman–Crippen LogP) is 1.35. The van der Waals surface area contributed by atoms with Crippen LogP contribution in [-0.4, -0.2) is 17.8 Å². The number of primary amides is 1. The highest BCUT2D eigenvalue weighted by Crippen LogP contribution is 2.13. The number of nitrogens with two attached hydrogens (primary N) is 1. The molecule has 1 aromatic carbocycles. The van der Waals surface area contributed by atoms with E-state index in [1.165, 1.54) is 0 Å². The first-order valence-electron chi connectivity index (χ1n) is 4.14. The molecule has 1 rings (SSSR count). The standard InChI is InChI=1S/C9H10ClN3O2/c10-5-8(14)12-6-1-3-7(4-2-6)13-9(11)15/h1-4H,5H2,(H,12,14)(H3,11,13,15). The van der Waals surface area contributed by atoms with Crippen molar-refractivity contribution in [2.75, 3.05) is 16.5 Å². The number of nitrogens with one attached hydrogen (secondary N) is 2. The van der Waals surface area contributed by atoms with Gasteiger partial charge in [0.25, 0.3) is 0 Å². The van der Waals surface area contributed by atoms with Gasteiger partial charge in [-0.15, -0.1) is 11.6 Å². The van der Waals surface area contributed by atoms with E-state index in [4.69, 9.17) is 17.3 Å². The van der Waals surface area contributed by atoms with E-state index in [-0.39, 0.29) is 11.8 Å². The van der Waals surface area contributed by atoms with E-state index in [0.29, 0.717) is 11.4 Å². The van der Waals surface area contributed by atoms with Crippen molar-refractivity contribution in [2.24, 2.45) is 5.73 Å². The molecule has 0 radical (unpaired) electrons. The molecule has 80 valence electrons. The van der Waals surface area contributed by atoms with Crippen molar-refractivity contribution in [2.45, 2.75) is 0 Å². The molecular weight excluding hydrogens is 218 g/mol. The lowest BCUT2D eigenvalue weighted by atomic mass is 10.3. The first-order valence-corrected chi connectivity index (χ1v) is 4.67. The maximum Gasteiger partial charge on any atom is 0.316 e. The van der Waals surface area contributed by atoms with Gasteiger partial charge < -0.3 is 16.4 Å². The molecule has 0 spiro atoms. The van der Waals surface area contributed by atoms with Crippen LogP contribution >= 0.6 is 11.6 Å². The third kappa shape index (κ3) is 3.86. The monoisotopic (exact) mass is 227 g/mol. The maximum atomic E-state index is 10.9. The number of alkyl halides is 1. The van der Waals surface area contributed by atoms with Gasteiger partial charge in [0.2, 0.25) is 5.91 Å². The lowest BCUT2D eigenvalue weighted by Crippen LogP contribution is -2.19. The van der Waals surface area contributed by atoms with E-state index >= 15 is 0 Å². The summed E-state index contributed by atoms with van der Waals surface area (Å²) in [7, 11) is 0. The number of rotatable bonds is 3. The van der Waals surface area contributed by atoms with Crippen LogP contribution in [0.15, 0.2) is 24.3 Å². The summed E-state index contributed by atoms with van der Waals surface area (Å²) in [4.78, 5) is 21.4. The zero-order valence-corrected chi connectivity index (χ0v) is 8.54. The molecule has 0 atom stereocenters. The molecular formula is C9H10ClN3O2. The Hall–Kier alpha value is -1.75. The molecule has 0 aromatic heterocycles. The number of halogens is 1. The number of urea groups is 1. The smallest absolute Gasteiger partial charge is 0.316 e. The maximum absolute atomic E-state index is 10.9. The molecule has 4 N–H and O–H groups in total. The number of carbonyl (C=O) groups is 2. The van der Waals surface area contributed by atoms with Gasteiger partial charge >= 0.3 is 6.03 Å². The molecule has 0 unspecified atom stereocenters. The number of amides is 3. The van der Waals surface area contributed by atoms with Crippen LogP contribution in [0.5, 0.6) is 0 Å². The quantitative estimate of drug-likeness (QED) is 0.681. The lowest BCUT2D eigenvalue weighted by molar-refractivity contribution is -0.113. The van der Waals surface area contributed by atoms with Gasteiger partial charge in [-0.3, -0.25) is 4.79 Å². The number of hydrogen-bond acceptors (Lipinski definition) is 2. The van der Waals surface area contributed by atoms with E-state index in [2.05, 4.69) is 10.6 Å². The minimum absolute atomic E-state index is 0.0959. The second-order valence-electron chi connectivity index (χ2n) is 2.75. The summed E-state index contributed by atoms with van der Waals surface area (Å²) in [5, 5.41) is 4.96. The molecule has 6 heteroatoms. The number of benzene rings is 1. The van der Waals surface area contributed by atoms with Crippen LogP contribution in [0.4, 0.5) is 16.2 Å². The van der Waals surface area contributed by atoms with Crippen LogP contribution < -0.4 is 16.4 Å². The molecule has 15 heavy (non-hydrogen) atoms. The van der Waals surface area contributed by atoms with Crippen molar-refractivity contribution in [3.63, 3.8) is 0 Å². The molecule has 5 nitrogen and oxygen atoms in total. The summed E-state index contributed by atoms with van der Waals surface area (Å²) in [5.74, 6) is -0.381. The van der Waals surface area contributed by atoms with Gasteiger partial charge in [-0.1, -0.05) is 0 Å². The molecule has 0 heterocycles. The van der Waals surface area contributed by atoms with Crippen molar-refractivity contribution < 1.29 is 9.59 Å². The van der Waals surface area contributed by atoms with E-state index in [0.717, 1.165) is 0 Å². The highest BCUT2D eigenvalue weighted by Gasteiger charge is 2.00. The summed E-state index contributed by atoms with van der Waals surface area (Å²) in [5.41, 5.74) is 6.10. The Morgan fingerprint density at radius 2 is 1.60 bits per heavy atom. The molecule has 0 saturated heterocycles. The lowest BCUT2D eigenvalue weighted by Gasteiger charge is -2.04. The second-order valence-corrected chi connectivity index (χ2v) is 3.02. The van der Waals surface area contributed by atoms with E-state index in [1.807, 2.05) is 0 Å². The van der Waals surface area contributed by atoms with Crippen molar-refractivity contribution in [3.8, 4) is 0 Å². The summed E-state index contributed by atoms with van der Waals surface area (Å²) in [6.45, 7) is 0. The van der Waals surface area contributed by atoms with Gasteiger partial charge in [-0.05, 0) is 24.3 Å². The summed E-state index contributed by atoms with van der Waals surface area (Å²) < 4.78 is 0. The zero-order chi connectivity index (χ0) is 11.3. The normalized spacial score (nSPS) is 9.40. The highest BCUT2D eigenvalue weighted by molar-refractivity contribution is 6.29. The topological polar surface area (TPSA) is 84.2 Å². The molecule has 1 aromatic rings. The first-order chi connectivity index (χ1) is 7.11. The SMILES string of the molecule is NC(=O)Nc1ccc(NC(=O)CCl)cc1. The van der Waals surface area contributed by atoms with E-state index in [9.17, 15) is 9.59 Å². The zero-order valence-electron chi connectivity index (χ0n) is 7.79. The molecule has 0 aliphatic heterocycles. The molecule has 0 bridgehead atoms. The Morgan fingerprint density at radius 1 is 1.13 bits per heavy atom. The number of anilines is 2. The molecule has 0 saturated carbocycles. The number of hydrogen-bond donors (Lipinski definition) is 3. The fourth-order valence-electron chi connectivity index (χ4n) is 0.974. The average Bonchev–Trinajstić information content (AvgIpc) is 2.20. The fraction of sp³-hybridized carbons (Fsp3) is 0.111. The Kier molecular flexibility index (Phi) is 3.93. The fourth-order valence-corrected chi connectivity index (χ4v) is 1.04. The Bertz CT molecular complexity index is 364. The van der Waals surface area contributed by atoms with Gasteiger partial charge in [0.15, 0.2) is 0 Å². The summed E-state index contributed by atoms with van der Waals surface area (Å²) in [6.07, 6.45) is 0. The van der Waals surface area contributed by atoms with Crippen molar-refractivity contribution in [3.05, 3.63) is 24.3 Å². The minimum atomic E-state index is -0.632. The third-order valence-electron chi connectivity index (χ3n) is 1.56. The Labute approximate surface area is 91.6 Å². The van der Waals surface area contributed by atoms with Gasteiger partial charge in [0.1, 0.15) is 5.88 Å². The Morgan fingerprint density at radius 3 is 2.00 bits per heavy atom. The third-order valence-corrected chi connectivity index (χ3v) is 1.80. The largest absolute Gasteiger partial charge is 0.351 e. The van der Waals surface area contributed by atoms with Crippen LogP contribution in [-0.2, 0) is 4.79 Å². The van der Waals surface area contributed by atoms with Gasteiger partial charge in [-0.2, -0.15) is 0 Å². The van der Waals surface area contributed by atoms with Crippen molar-refractivity contribution >= 4 is 34.9 Å². The van der Waals surface area contributed by atoms with Crippen LogP contribution in [0.1, 0.15) is 0 Å². The number of carbonyl (C=O) groups excluding carboxylic acids is 2. The van der Waals surface area contributed by atoms with Crippen LogP contribution in [0, 0.1) is 0 Å². The first kappa shape index (κ1) is 11.3. The van der Waals surface area contributed by atoms with E-state index in [1.54, 1.807) is 24.3 Å². The van der Waals surface area contributed by atoms with Crippen LogP contribution in [0.25, 0.3) is 0 Å².